The molecule has 106 valence electrons. The number of likely N-dealkylation sites (N-methyl/N-ethyl adjacent to an activating group) is 1. The molecule has 0 amide bonds. The van der Waals surface area contributed by atoms with E-state index in [4.69, 9.17) is 9.47 Å². The highest BCUT2D eigenvalue weighted by Crippen LogP contribution is 2.31. The van der Waals surface area contributed by atoms with Gasteiger partial charge in [0.2, 0.25) is 0 Å². The molecular formula is C15H23NO3. The fourth-order valence-corrected chi connectivity index (χ4v) is 1.85. The van der Waals surface area contributed by atoms with Crippen LogP contribution in [0.2, 0.25) is 0 Å². The third kappa shape index (κ3) is 4.16. The molecular weight excluding hydrogens is 242 g/mol. The normalized spacial score (nSPS) is 10.4. The lowest BCUT2D eigenvalue weighted by Crippen LogP contribution is -2.27. The third-order valence-electron chi connectivity index (χ3n) is 2.95. The Morgan fingerprint density at radius 1 is 1.37 bits per heavy atom. The van der Waals surface area contributed by atoms with Gasteiger partial charge in [-0.05, 0) is 30.5 Å². The van der Waals surface area contributed by atoms with Gasteiger partial charge in [-0.25, -0.2) is 0 Å². The van der Waals surface area contributed by atoms with Gasteiger partial charge in [0, 0.05) is 7.05 Å². The summed E-state index contributed by atoms with van der Waals surface area (Å²) in [6, 6.07) is 6.04. The molecule has 1 rings (SSSR count). The average molecular weight is 265 g/mol. The summed E-state index contributed by atoms with van der Waals surface area (Å²) in [5.74, 6) is 0.957. The molecule has 0 radical (unpaired) electrons. The number of anilines is 1. The maximum atomic E-state index is 11.5. The number of carbonyl (C=O) groups excluding carboxylic acids is 1. The molecule has 19 heavy (non-hydrogen) atoms. The van der Waals surface area contributed by atoms with Crippen LogP contribution in [0.25, 0.3) is 0 Å². The van der Waals surface area contributed by atoms with Crippen molar-refractivity contribution in [2.75, 3.05) is 32.2 Å². The van der Waals surface area contributed by atoms with E-state index >= 15 is 0 Å². The van der Waals surface area contributed by atoms with E-state index in [0.29, 0.717) is 12.5 Å². The minimum Gasteiger partial charge on any atom is -0.495 e. The molecule has 0 atom stereocenters. The van der Waals surface area contributed by atoms with Gasteiger partial charge >= 0.3 is 5.97 Å². The summed E-state index contributed by atoms with van der Waals surface area (Å²) in [4.78, 5) is 13.4. The first-order valence-electron chi connectivity index (χ1n) is 6.54. The van der Waals surface area contributed by atoms with Crippen molar-refractivity contribution >= 4 is 11.7 Å². The molecule has 0 spiro atoms. The van der Waals surface area contributed by atoms with Crippen LogP contribution in [0, 0.1) is 0 Å². The van der Waals surface area contributed by atoms with Crippen molar-refractivity contribution in [2.24, 2.45) is 0 Å². The van der Waals surface area contributed by atoms with Crippen LogP contribution in [0.1, 0.15) is 32.3 Å². The molecule has 0 fully saturated rings. The lowest BCUT2D eigenvalue weighted by molar-refractivity contribution is -0.141. The van der Waals surface area contributed by atoms with Crippen molar-refractivity contribution in [2.45, 2.75) is 26.7 Å². The van der Waals surface area contributed by atoms with Crippen molar-refractivity contribution in [3.8, 4) is 5.75 Å². The van der Waals surface area contributed by atoms with E-state index in [1.807, 2.05) is 24.1 Å². The lowest BCUT2D eigenvalue weighted by atomic mass is 10.0. The number of ether oxygens (including phenoxy) is 2. The summed E-state index contributed by atoms with van der Waals surface area (Å²) < 4.78 is 10.3. The van der Waals surface area contributed by atoms with E-state index < -0.39 is 0 Å². The van der Waals surface area contributed by atoms with Crippen LogP contribution in [0.3, 0.4) is 0 Å². The Morgan fingerprint density at radius 3 is 2.58 bits per heavy atom. The Labute approximate surface area is 115 Å². The largest absolute Gasteiger partial charge is 0.495 e. The fraction of sp³-hybridized carbons (Fsp3) is 0.533. The van der Waals surface area contributed by atoms with E-state index in [9.17, 15) is 4.79 Å². The zero-order valence-electron chi connectivity index (χ0n) is 12.4. The van der Waals surface area contributed by atoms with Gasteiger partial charge in [-0.3, -0.25) is 4.79 Å². The number of hydrogen-bond donors (Lipinski definition) is 0. The number of nitrogens with zero attached hydrogens (tertiary/aromatic N) is 1. The number of esters is 1. The molecule has 0 saturated carbocycles. The molecule has 4 nitrogen and oxygen atoms in total. The summed E-state index contributed by atoms with van der Waals surface area (Å²) in [6.07, 6.45) is 0. The zero-order valence-corrected chi connectivity index (χ0v) is 12.4. The highest BCUT2D eigenvalue weighted by Gasteiger charge is 2.14. The highest BCUT2D eigenvalue weighted by atomic mass is 16.5. The standard InChI is InChI=1S/C15H23NO3/c1-6-19-15(17)10-16(4)13-9-12(11(2)3)7-8-14(13)18-5/h7-9,11H,6,10H2,1-5H3. The van der Waals surface area contributed by atoms with E-state index in [1.54, 1.807) is 14.0 Å². The minimum absolute atomic E-state index is 0.214. The monoisotopic (exact) mass is 265 g/mol. The molecule has 0 unspecified atom stereocenters. The Morgan fingerprint density at radius 2 is 2.05 bits per heavy atom. The van der Waals surface area contributed by atoms with Gasteiger partial charge in [0.05, 0.1) is 19.4 Å². The molecule has 0 aliphatic heterocycles. The van der Waals surface area contributed by atoms with Crippen molar-refractivity contribution < 1.29 is 14.3 Å². The summed E-state index contributed by atoms with van der Waals surface area (Å²) in [6.45, 7) is 6.69. The molecule has 0 aliphatic rings. The third-order valence-corrected chi connectivity index (χ3v) is 2.95. The Hall–Kier alpha value is -1.71. The zero-order chi connectivity index (χ0) is 14.4. The summed E-state index contributed by atoms with van der Waals surface area (Å²) >= 11 is 0. The van der Waals surface area contributed by atoms with Gasteiger partial charge in [-0.15, -0.1) is 0 Å². The summed E-state index contributed by atoms with van der Waals surface area (Å²) in [5.41, 5.74) is 2.12. The maximum Gasteiger partial charge on any atom is 0.325 e. The predicted molar refractivity (Wildman–Crippen MR) is 77.0 cm³/mol. The van der Waals surface area contributed by atoms with Crippen LogP contribution in [0.4, 0.5) is 5.69 Å². The van der Waals surface area contributed by atoms with Gasteiger partial charge in [0.1, 0.15) is 12.3 Å². The smallest absolute Gasteiger partial charge is 0.325 e. The molecule has 0 bridgehead atoms. The average Bonchev–Trinajstić information content (AvgIpc) is 2.37. The number of hydrogen-bond acceptors (Lipinski definition) is 4. The Balaban J connectivity index is 2.95. The van der Waals surface area contributed by atoms with Gasteiger partial charge in [-0.1, -0.05) is 19.9 Å². The van der Waals surface area contributed by atoms with Crippen molar-refractivity contribution in [1.29, 1.82) is 0 Å². The van der Waals surface area contributed by atoms with E-state index in [-0.39, 0.29) is 12.5 Å². The van der Waals surface area contributed by atoms with Crippen molar-refractivity contribution in [1.82, 2.24) is 0 Å². The van der Waals surface area contributed by atoms with E-state index in [1.165, 1.54) is 5.56 Å². The SMILES string of the molecule is CCOC(=O)CN(C)c1cc(C(C)C)ccc1OC. The number of methoxy groups -OCH3 is 1. The molecule has 0 N–H and O–H groups in total. The second-order valence-corrected chi connectivity index (χ2v) is 4.75. The molecule has 1 aromatic rings. The number of rotatable bonds is 6. The first-order valence-corrected chi connectivity index (χ1v) is 6.54. The highest BCUT2D eigenvalue weighted by molar-refractivity contribution is 5.77. The van der Waals surface area contributed by atoms with Gasteiger partial charge in [-0.2, -0.15) is 0 Å². The van der Waals surface area contributed by atoms with Crippen LogP contribution in [0.15, 0.2) is 18.2 Å². The van der Waals surface area contributed by atoms with Crippen molar-refractivity contribution in [3.63, 3.8) is 0 Å². The Bertz CT molecular complexity index is 429. The molecule has 0 aromatic heterocycles. The summed E-state index contributed by atoms with van der Waals surface area (Å²) in [5, 5.41) is 0. The van der Waals surface area contributed by atoms with E-state index in [2.05, 4.69) is 19.9 Å². The second kappa shape index (κ2) is 7.02. The molecule has 0 aliphatic carbocycles. The summed E-state index contributed by atoms with van der Waals surface area (Å²) in [7, 11) is 3.49. The molecule has 4 heteroatoms. The fourth-order valence-electron chi connectivity index (χ4n) is 1.85. The van der Waals surface area contributed by atoms with Gasteiger partial charge in [0.25, 0.3) is 0 Å². The first-order chi connectivity index (χ1) is 8.99. The first kappa shape index (κ1) is 15.3. The van der Waals surface area contributed by atoms with Crippen LogP contribution in [0.5, 0.6) is 5.75 Å². The van der Waals surface area contributed by atoms with Gasteiger partial charge < -0.3 is 14.4 Å². The van der Waals surface area contributed by atoms with Crippen LogP contribution >= 0.6 is 0 Å². The number of benzene rings is 1. The maximum absolute atomic E-state index is 11.5. The van der Waals surface area contributed by atoms with Crippen LogP contribution < -0.4 is 9.64 Å². The Kier molecular flexibility index (Phi) is 5.67. The van der Waals surface area contributed by atoms with Crippen LogP contribution in [-0.4, -0.2) is 33.3 Å². The van der Waals surface area contributed by atoms with Crippen LogP contribution in [-0.2, 0) is 9.53 Å². The molecule has 1 aromatic carbocycles. The minimum atomic E-state index is -0.234. The lowest BCUT2D eigenvalue weighted by Gasteiger charge is -2.22. The second-order valence-electron chi connectivity index (χ2n) is 4.75. The molecule has 0 heterocycles. The molecule has 0 saturated heterocycles. The van der Waals surface area contributed by atoms with E-state index in [0.717, 1.165) is 11.4 Å². The topological polar surface area (TPSA) is 38.8 Å². The van der Waals surface area contributed by atoms with Gasteiger partial charge in [0.15, 0.2) is 0 Å². The predicted octanol–water partition coefficient (Wildman–Crippen LogP) is 2.82. The quantitative estimate of drug-likeness (QED) is 0.741. The van der Waals surface area contributed by atoms with Crippen molar-refractivity contribution in [3.05, 3.63) is 23.8 Å². The number of carbonyl (C=O) groups is 1.